The van der Waals surface area contributed by atoms with Crippen molar-refractivity contribution in [1.29, 1.82) is 0 Å². The Labute approximate surface area is 103 Å². The van der Waals surface area contributed by atoms with Crippen molar-refractivity contribution in [2.45, 2.75) is 12.6 Å². The molecule has 90 valence electrons. The van der Waals surface area contributed by atoms with Gasteiger partial charge in [-0.15, -0.1) is 0 Å². The standard InChI is InChI=1S/C11H16BrNO3/c1-15-6-9(14)7-16-11-3-2-8(5-13)4-10(11)12/h2-4,9,14H,5-7,13H2,1H3. The highest BCUT2D eigenvalue weighted by molar-refractivity contribution is 9.10. The second kappa shape index (κ2) is 6.85. The van der Waals surface area contributed by atoms with Crippen molar-refractivity contribution >= 4 is 15.9 Å². The summed E-state index contributed by atoms with van der Waals surface area (Å²) in [5, 5.41) is 9.42. The van der Waals surface area contributed by atoms with Gasteiger partial charge in [0.25, 0.3) is 0 Å². The minimum absolute atomic E-state index is 0.203. The van der Waals surface area contributed by atoms with E-state index in [2.05, 4.69) is 15.9 Å². The zero-order valence-corrected chi connectivity index (χ0v) is 10.7. The number of aliphatic hydroxyl groups is 1. The molecule has 0 heterocycles. The van der Waals surface area contributed by atoms with Crippen LogP contribution >= 0.6 is 15.9 Å². The van der Waals surface area contributed by atoms with Crippen LogP contribution in [0, 0.1) is 0 Å². The molecule has 0 saturated heterocycles. The third-order valence-electron chi connectivity index (χ3n) is 2.02. The summed E-state index contributed by atoms with van der Waals surface area (Å²) in [6.07, 6.45) is -0.619. The first-order valence-electron chi connectivity index (χ1n) is 4.95. The Balaban J connectivity index is 2.54. The van der Waals surface area contributed by atoms with E-state index in [9.17, 15) is 5.11 Å². The lowest BCUT2D eigenvalue weighted by Gasteiger charge is -2.13. The van der Waals surface area contributed by atoms with Gasteiger partial charge in [-0.2, -0.15) is 0 Å². The van der Waals surface area contributed by atoms with E-state index >= 15 is 0 Å². The minimum Gasteiger partial charge on any atom is -0.490 e. The highest BCUT2D eigenvalue weighted by Gasteiger charge is 2.07. The number of halogens is 1. The molecule has 1 aromatic rings. The van der Waals surface area contributed by atoms with E-state index in [1.165, 1.54) is 7.11 Å². The molecule has 1 aromatic carbocycles. The van der Waals surface area contributed by atoms with Crippen molar-refractivity contribution in [3.8, 4) is 5.75 Å². The largest absolute Gasteiger partial charge is 0.490 e. The highest BCUT2D eigenvalue weighted by atomic mass is 79.9. The maximum absolute atomic E-state index is 9.42. The van der Waals surface area contributed by atoms with Gasteiger partial charge in [0.05, 0.1) is 11.1 Å². The fourth-order valence-electron chi connectivity index (χ4n) is 1.21. The summed E-state index contributed by atoms with van der Waals surface area (Å²) in [7, 11) is 1.54. The van der Waals surface area contributed by atoms with E-state index in [0.717, 1.165) is 10.0 Å². The maximum Gasteiger partial charge on any atom is 0.133 e. The average Bonchev–Trinajstić information content (AvgIpc) is 2.27. The van der Waals surface area contributed by atoms with E-state index in [1.807, 2.05) is 18.2 Å². The third-order valence-corrected chi connectivity index (χ3v) is 2.64. The Morgan fingerprint density at radius 3 is 2.75 bits per heavy atom. The lowest BCUT2D eigenvalue weighted by atomic mass is 10.2. The molecule has 0 aliphatic heterocycles. The zero-order chi connectivity index (χ0) is 12.0. The number of hydrogen-bond donors (Lipinski definition) is 2. The van der Waals surface area contributed by atoms with Crippen LogP contribution in [0.25, 0.3) is 0 Å². The molecule has 0 bridgehead atoms. The second-order valence-electron chi connectivity index (χ2n) is 3.39. The fraction of sp³-hybridized carbons (Fsp3) is 0.455. The molecule has 0 radical (unpaired) electrons. The summed E-state index contributed by atoms with van der Waals surface area (Å²) < 4.78 is 11.1. The maximum atomic E-state index is 9.42. The first kappa shape index (κ1) is 13.4. The van der Waals surface area contributed by atoms with Crippen molar-refractivity contribution < 1.29 is 14.6 Å². The Bertz CT molecular complexity index is 333. The number of benzene rings is 1. The van der Waals surface area contributed by atoms with Crippen molar-refractivity contribution in [1.82, 2.24) is 0 Å². The number of rotatable bonds is 6. The van der Waals surface area contributed by atoms with Gasteiger partial charge in [0, 0.05) is 13.7 Å². The summed E-state index contributed by atoms with van der Waals surface area (Å²) in [6.45, 7) is 0.956. The average molecular weight is 290 g/mol. The molecule has 16 heavy (non-hydrogen) atoms. The van der Waals surface area contributed by atoms with E-state index in [-0.39, 0.29) is 13.2 Å². The van der Waals surface area contributed by atoms with Gasteiger partial charge < -0.3 is 20.3 Å². The van der Waals surface area contributed by atoms with Crippen molar-refractivity contribution in [3.05, 3.63) is 28.2 Å². The summed E-state index contributed by atoms with van der Waals surface area (Å²) in [4.78, 5) is 0. The first-order valence-corrected chi connectivity index (χ1v) is 5.75. The molecule has 3 N–H and O–H groups in total. The molecular weight excluding hydrogens is 274 g/mol. The summed E-state index contributed by atoms with van der Waals surface area (Å²) >= 11 is 3.38. The monoisotopic (exact) mass is 289 g/mol. The van der Waals surface area contributed by atoms with Gasteiger partial charge in [0.15, 0.2) is 0 Å². The summed E-state index contributed by atoms with van der Waals surface area (Å²) in [5.41, 5.74) is 6.54. The molecule has 1 atom stereocenters. The summed E-state index contributed by atoms with van der Waals surface area (Å²) in [6, 6.07) is 5.62. The van der Waals surface area contributed by atoms with Crippen LogP contribution in [0.2, 0.25) is 0 Å². The van der Waals surface area contributed by atoms with E-state index in [0.29, 0.717) is 12.3 Å². The van der Waals surface area contributed by atoms with Crippen LogP contribution in [0.3, 0.4) is 0 Å². The predicted octanol–water partition coefficient (Wildman–Crippen LogP) is 1.29. The lowest BCUT2D eigenvalue weighted by Crippen LogP contribution is -2.22. The van der Waals surface area contributed by atoms with Gasteiger partial charge in [0.2, 0.25) is 0 Å². The Hall–Kier alpha value is -0.620. The molecule has 0 fully saturated rings. The Morgan fingerprint density at radius 1 is 1.44 bits per heavy atom. The molecule has 0 aliphatic rings. The molecule has 0 aliphatic carbocycles. The van der Waals surface area contributed by atoms with Crippen molar-refractivity contribution in [3.63, 3.8) is 0 Å². The molecular formula is C11H16BrNO3. The number of nitrogens with two attached hydrogens (primary N) is 1. The molecule has 4 nitrogen and oxygen atoms in total. The molecule has 0 saturated carbocycles. The zero-order valence-electron chi connectivity index (χ0n) is 9.15. The predicted molar refractivity (Wildman–Crippen MR) is 65.4 cm³/mol. The Kier molecular flexibility index (Phi) is 5.76. The van der Waals surface area contributed by atoms with E-state index < -0.39 is 6.10 Å². The van der Waals surface area contributed by atoms with Gasteiger partial charge in [-0.25, -0.2) is 0 Å². The molecule has 0 amide bonds. The molecule has 5 heteroatoms. The molecule has 0 aromatic heterocycles. The van der Waals surface area contributed by atoms with Crippen LogP contribution in [0.1, 0.15) is 5.56 Å². The van der Waals surface area contributed by atoms with Gasteiger partial charge >= 0.3 is 0 Å². The van der Waals surface area contributed by atoms with Crippen LogP contribution in [-0.4, -0.2) is 31.5 Å². The van der Waals surface area contributed by atoms with E-state index in [1.54, 1.807) is 0 Å². The highest BCUT2D eigenvalue weighted by Crippen LogP contribution is 2.25. The normalized spacial score (nSPS) is 12.5. The molecule has 0 spiro atoms. The number of aliphatic hydroxyl groups excluding tert-OH is 1. The van der Waals surface area contributed by atoms with Crippen molar-refractivity contribution in [2.24, 2.45) is 5.73 Å². The SMILES string of the molecule is COCC(O)COc1ccc(CN)cc1Br. The smallest absolute Gasteiger partial charge is 0.133 e. The van der Waals surface area contributed by atoms with E-state index in [4.69, 9.17) is 15.2 Å². The van der Waals surface area contributed by atoms with Gasteiger partial charge in [-0.1, -0.05) is 6.07 Å². The summed E-state index contributed by atoms with van der Waals surface area (Å²) in [5.74, 6) is 0.687. The number of ether oxygens (including phenoxy) is 2. The lowest BCUT2D eigenvalue weighted by molar-refractivity contribution is 0.0323. The first-order chi connectivity index (χ1) is 7.67. The van der Waals surface area contributed by atoms with Crippen LogP contribution < -0.4 is 10.5 Å². The van der Waals surface area contributed by atoms with Gasteiger partial charge in [-0.3, -0.25) is 0 Å². The van der Waals surface area contributed by atoms with Gasteiger partial charge in [0.1, 0.15) is 18.5 Å². The van der Waals surface area contributed by atoms with Gasteiger partial charge in [-0.05, 0) is 33.6 Å². The topological polar surface area (TPSA) is 64.7 Å². The van der Waals surface area contributed by atoms with Crippen LogP contribution in [-0.2, 0) is 11.3 Å². The fourth-order valence-corrected chi connectivity index (χ4v) is 1.76. The van der Waals surface area contributed by atoms with Crippen LogP contribution in [0.5, 0.6) is 5.75 Å². The minimum atomic E-state index is -0.619. The second-order valence-corrected chi connectivity index (χ2v) is 4.24. The van der Waals surface area contributed by atoms with Crippen LogP contribution in [0.15, 0.2) is 22.7 Å². The third kappa shape index (κ3) is 4.09. The quantitative estimate of drug-likeness (QED) is 0.828. The molecule has 1 rings (SSSR count). The van der Waals surface area contributed by atoms with Crippen LogP contribution in [0.4, 0.5) is 0 Å². The Morgan fingerprint density at radius 2 is 2.19 bits per heavy atom. The molecule has 1 unspecified atom stereocenters. The number of methoxy groups -OCH3 is 1. The number of hydrogen-bond acceptors (Lipinski definition) is 4. The van der Waals surface area contributed by atoms with Crippen molar-refractivity contribution in [2.75, 3.05) is 20.3 Å².